The van der Waals surface area contributed by atoms with Gasteiger partial charge in [0.25, 0.3) is 0 Å². The molecular formula is C12H19F3N2O4. The molecule has 0 aromatic carbocycles. The van der Waals surface area contributed by atoms with E-state index < -0.39 is 35.9 Å². The summed E-state index contributed by atoms with van der Waals surface area (Å²) in [4.78, 5) is 23.8. The smallest absolute Gasteiger partial charge is 0.444 e. The summed E-state index contributed by atoms with van der Waals surface area (Å²) < 4.78 is 41.7. The van der Waals surface area contributed by atoms with Crippen LogP contribution in [0, 0.1) is 0 Å². The summed E-state index contributed by atoms with van der Waals surface area (Å²) >= 11 is 0. The van der Waals surface area contributed by atoms with Gasteiger partial charge in [-0.3, -0.25) is 4.79 Å². The minimum Gasteiger partial charge on any atom is -0.444 e. The highest BCUT2D eigenvalue weighted by atomic mass is 19.4. The van der Waals surface area contributed by atoms with Crippen molar-refractivity contribution in [1.82, 2.24) is 10.2 Å². The predicted molar refractivity (Wildman–Crippen MR) is 66.4 cm³/mol. The van der Waals surface area contributed by atoms with E-state index in [9.17, 15) is 27.9 Å². The molecule has 0 bridgehead atoms. The Kier molecular flexibility index (Phi) is 5.08. The van der Waals surface area contributed by atoms with Crippen molar-refractivity contribution in [3.05, 3.63) is 0 Å². The quantitative estimate of drug-likeness (QED) is 0.758. The standard InChI is InChI=1S/C12H19F3N2O4/c1-11(2,3)21-10(20)17-5-7(4-8(18)6-17)16-9(19)12(13,14)15/h7-8,18H,4-6H2,1-3H3,(H,16,19). The fourth-order valence-corrected chi connectivity index (χ4v) is 1.92. The number of nitrogens with zero attached hydrogens (tertiary/aromatic N) is 1. The van der Waals surface area contributed by atoms with Gasteiger partial charge in [-0.15, -0.1) is 0 Å². The van der Waals surface area contributed by atoms with Gasteiger partial charge in [-0.1, -0.05) is 0 Å². The Hall–Kier alpha value is -1.51. The van der Waals surface area contributed by atoms with Crippen LogP contribution >= 0.6 is 0 Å². The molecule has 2 atom stereocenters. The van der Waals surface area contributed by atoms with Crippen LogP contribution in [0.15, 0.2) is 0 Å². The molecule has 2 N–H and O–H groups in total. The number of halogens is 3. The summed E-state index contributed by atoms with van der Waals surface area (Å²) in [5.41, 5.74) is -0.760. The highest BCUT2D eigenvalue weighted by Crippen LogP contribution is 2.19. The molecule has 1 aliphatic rings. The SMILES string of the molecule is CC(C)(C)OC(=O)N1CC(O)CC(NC(=O)C(F)(F)F)C1. The fraction of sp³-hybridized carbons (Fsp3) is 0.833. The molecule has 1 fully saturated rings. The first-order valence-corrected chi connectivity index (χ1v) is 6.42. The molecule has 1 aliphatic heterocycles. The van der Waals surface area contributed by atoms with Crippen LogP contribution in [0.5, 0.6) is 0 Å². The minimum absolute atomic E-state index is 0.0483. The van der Waals surface area contributed by atoms with Gasteiger partial charge in [0.05, 0.1) is 12.6 Å². The van der Waals surface area contributed by atoms with Crippen LogP contribution in [0.25, 0.3) is 0 Å². The third-order valence-corrected chi connectivity index (χ3v) is 2.67. The third kappa shape index (κ3) is 5.78. The maximum Gasteiger partial charge on any atom is 0.471 e. The summed E-state index contributed by atoms with van der Waals surface area (Å²) in [6, 6.07) is -0.976. The van der Waals surface area contributed by atoms with Crippen LogP contribution in [0.3, 0.4) is 0 Å². The number of likely N-dealkylation sites (tertiary alicyclic amines) is 1. The predicted octanol–water partition coefficient (Wildman–Crippen LogP) is 1.04. The van der Waals surface area contributed by atoms with E-state index in [1.54, 1.807) is 26.1 Å². The highest BCUT2D eigenvalue weighted by molar-refractivity contribution is 5.82. The summed E-state index contributed by atoms with van der Waals surface area (Å²) in [5.74, 6) is -2.09. The molecule has 2 unspecified atom stereocenters. The van der Waals surface area contributed by atoms with Crippen LogP contribution in [-0.2, 0) is 9.53 Å². The molecule has 2 amide bonds. The summed E-state index contributed by atoms with van der Waals surface area (Å²) in [7, 11) is 0. The van der Waals surface area contributed by atoms with Crippen molar-refractivity contribution in [2.75, 3.05) is 13.1 Å². The zero-order chi connectivity index (χ0) is 16.4. The maximum absolute atomic E-state index is 12.2. The van der Waals surface area contributed by atoms with E-state index in [1.165, 1.54) is 0 Å². The van der Waals surface area contributed by atoms with Gasteiger partial charge >= 0.3 is 18.2 Å². The van der Waals surface area contributed by atoms with E-state index >= 15 is 0 Å². The number of β-amino-alcohol motifs (C(OH)–C–C–N with tert-alkyl or cyclic N) is 1. The molecule has 0 spiro atoms. The first kappa shape index (κ1) is 17.5. The number of aliphatic hydroxyl groups is 1. The molecule has 0 saturated carbocycles. The molecule has 0 aliphatic carbocycles. The van der Waals surface area contributed by atoms with Crippen molar-refractivity contribution in [3.8, 4) is 0 Å². The Morgan fingerprint density at radius 3 is 2.29 bits per heavy atom. The minimum atomic E-state index is -5.00. The number of carbonyl (C=O) groups excluding carboxylic acids is 2. The van der Waals surface area contributed by atoms with Crippen LogP contribution < -0.4 is 5.32 Å². The van der Waals surface area contributed by atoms with Gasteiger partial charge in [-0.25, -0.2) is 4.79 Å². The number of amides is 2. The third-order valence-electron chi connectivity index (χ3n) is 2.67. The monoisotopic (exact) mass is 312 g/mol. The number of ether oxygens (including phenoxy) is 1. The largest absolute Gasteiger partial charge is 0.471 e. The van der Waals surface area contributed by atoms with Gasteiger partial charge in [0.2, 0.25) is 0 Å². The van der Waals surface area contributed by atoms with E-state index in [2.05, 4.69) is 0 Å². The lowest BCUT2D eigenvalue weighted by Gasteiger charge is -2.36. The van der Waals surface area contributed by atoms with Crippen molar-refractivity contribution in [2.24, 2.45) is 0 Å². The molecule has 21 heavy (non-hydrogen) atoms. The molecule has 6 nitrogen and oxygen atoms in total. The average Bonchev–Trinajstić information content (AvgIpc) is 2.24. The Balaban J connectivity index is 2.66. The number of piperidine rings is 1. The molecule has 1 rings (SSSR count). The first-order chi connectivity index (χ1) is 9.38. The zero-order valence-electron chi connectivity index (χ0n) is 12.0. The normalized spacial score (nSPS) is 23.7. The lowest BCUT2D eigenvalue weighted by Crippen LogP contribution is -2.56. The van der Waals surface area contributed by atoms with Crippen molar-refractivity contribution >= 4 is 12.0 Å². The first-order valence-electron chi connectivity index (χ1n) is 6.42. The number of hydrogen-bond acceptors (Lipinski definition) is 4. The molecule has 0 aromatic heterocycles. The molecule has 0 radical (unpaired) electrons. The van der Waals surface area contributed by atoms with Crippen molar-refractivity contribution in [3.63, 3.8) is 0 Å². The van der Waals surface area contributed by atoms with Crippen LogP contribution in [-0.4, -0.2) is 59.0 Å². The van der Waals surface area contributed by atoms with Crippen LogP contribution in [0.2, 0.25) is 0 Å². The van der Waals surface area contributed by atoms with E-state index in [-0.39, 0.29) is 19.5 Å². The molecule has 0 aromatic rings. The van der Waals surface area contributed by atoms with Crippen molar-refractivity contribution in [2.45, 2.75) is 51.1 Å². The summed E-state index contributed by atoms with van der Waals surface area (Å²) in [5, 5.41) is 11.4. The van der Waals surface area contributed by atoms with E-state index in [4.69, 9.17) is 4.74 Å². The average molecular weight is 312 g/mol. The van der Waals surface area contributed by atoms with E-state index in [0.717, 1.165) is 4.90 Å². The second-order valence-corrected chi connectivity index (χ2v) is 5.94. The van der Waals surface area contributed by atoms with Gasteiger partial charge in [0.1, 0.15) is 5.60 Å². The lowest BCUT2D eigenvalue weighted by molar-refractivity contribution is -0.175. The number of nitrogens with one attached hydrogen (secondary N) is 1. The van der Waals surface area contributed by atoms with Crippen molar-refractivity contribution in [1.29, 1.82) is 0 Å². The zero-order valence-corrected chi connectivity index (χ0v) is 12.0. The number of carbonyl (C=O) groups is 2. The summed E-state index contributed by atoms with van der Waals surface area (Å²) in [6.07, 6.45) is -6.82. The number of rotatable bonds is 1. The van der Waals surface area contributed by atoms with E-state index in [1.807, 2.05) is 0 Å². The molecular weight excluding hydrogens is 293 g/mol. The summed E-state index contributed by atoms with van der Waals surface area (Å²) in [6.45, 7) is 4.75. The number of hydrogen-bond donors (Lipinski definition) is 2. The van der Waals surface area contributed by atoms with Gasteiger partial charge in [0.15, 0.2) is 0 Å². The van der Waals surface area contributed by atoms with Crippen LogP contribution in [0.4, 0.5) is 18.0 Å². The van der Waals surface area contributed by atoms with Gasteiger partial charge in [-0.2, -0.15) is 13.2 Å². The van der Waals surface area contributed by atoms with Crippen LogP contribution in [0.1, 0.15) is 27.2 Å². The maximum atomic E-state index is 12.2. The lowest BCUT2D eigenvalue weighted by atomic mass is 10.0. The van der Waals surface area contributed by atoms with E-state index in [0.29, 0.717) is 0 Å². The number of aliphatic hydroxyl groups excluding tert-OH is 1. The van der Waals surface area contributed by atoms with Gasteiger partial charge < -0.3 is 20.1 Å². The topological polar surface area (TPSA) is 78.9 Å². The molecule has 9 heteroatoms. The molecule has 1 saturated heterocycles. The molecule has 122 valence electrons. The Morgan fingerprint density at radius 1 is 1.24 bits per heavy atom. The highest BCUT2D eigenvalue weighted by Gasteiger charge is 2.41. The second-order valence-electron chi connectivity index (χ2n) is 5.94. The Morgan fingerprint density at radius 2 is 1.81 bits per heavy atom. The number of alkyl halides is 3. The fourth-order valence-electron chi connectivity index (χ4n) is 1.92. The second kappa shape index (κ2) is 6.08. The Labute approximate surface area is 120 Å². The van der Waals surface area contributed by atoms with Crippen molar-refractivity contribution < 1.29 is 32.6 Å². The van der Waals surface area contributed by atoms with Gasteiger partial charge in [-0.05, 0) is 27.2 Å². The Bertz CT molecular complexity index is 406. The molecule has 1 heterocycles. The van der Waals surface area contributed by atoms with Gasteiger partial charge in [0, 0.05) is 12.6 Å².